The molecule has 21 heavy (non-hydrogen) atoms. The van der Waals surface area contributed by atoms with E-state index in [1.54, 1.807) is 18.2 Å². The van der Waals surface area contributed by atoms with Gasteiger partial charge < -0.3 is 15.6 Å². The topological polar surface area (TPSA) is 127 Å². The molecule has 1 amide bonds. The van der Waals surface area contributed by atoms with E-state index >= 15 is 0 Å². The van der Waals surface area contributed by atoms with Crippen molar-refractivity contribution in [2.75, 3.05) is 15.8 Å². The first kappa shape index (κ1) is 14.9. The summed E-state index contributed by atoms with van der Waals surface area (Å²) < 4.78 is 31.6. The summed E-state index contributed by atoms with van der Waals surface area (Å²) in [7, 11) is -3.92. The smallest absolute Gasteiger partial charge is 0.269 e. The van der Waals surface area contributed by atoms with Crippen molar-refractivity contribution >= 4 is 33.1 Å². The van der Waals surface area contributed by atoms with E-state index < -0.39 is 10.0 Å². The number of aromatic nitrogens is 1. The van der Waals surface area contributed by atoms with Crippen LogP contribution in [0.5, 0.6) is 0 Å². The number of nitrogens with one attached hydrogen (secondary N) is 2. The molecule has 0 fully saturated rings. The Balaban J connectivity index is 2.31. The van der Waals surface area contributed by atoms with Gasteiger partial charge in [-0.15, -0.1) is 0 Å². The Hall–Kier alpha value is -2.55. The molecule has 8 nitrogen and oxygen atoms in total. The highest BCUT2D eigenvalue weighted by atomic mass is 32.2. The highest BCUT2D eigenvalue weighted by Crippen LogP contribution is 2.25. The molecule has 1 aromatic carbocycles. The van der Waals surface area contributed by atoms with Crippen LogP contribution in [0.15, 0.2) is 33.7 Å². The Kier molecular flexibility index (Phi) is 3.85. The SMILES string of the molecule is CC(=O)Nc1cccc(NS(=O)(=O)c2c(N)noc2C)c1. The van der Waals surface area contributed by atoms with E-state index in [4.69, 9.17) is 10.3 Å². The van der Waals surface area contributed by atoms with Crippen molar-refractivity contribution in [1.29, 1.82) is 0 Å². The summed E-state index contributed by atoms with van der Waals surface area (Å²) in [5, 5.41) is 5.97. The lowest BCUT2D eigenvalue weighted by Crippen LogP contribution is -2.15. The molecule has 1 heterocycles. The maximum absolute atomic E-state index is 12.3. The standard InChI is InChI=1S/C12H14N4O4S/c1-7-11(12(13)15-20-7)21(18,19)16-10-5-3-4-9(6-10)14-8(2)17/h3-6,16H,1-2H3,(H2,13,15)(H,14,17). The molecule has 112 valence electrons. The van der Waals surface area contributed by atoms with Gasteiger partial charge in [0.25, 0.3) is 10.0 Å². The number of carbonyl (C=O) groups excluding carboxylic acids is 1. The molecule has 0 unspecified atom stereocenters. The molecule has 0 aliphatic carbocycles. The molecule has 0 atom stereocenters. The number of rotatable bonds is 4. The van der Waals surface area contributed by atoms with E-state index in [2.05, 4.69) is 15.2 Å². The second kappa shape index (κ2) is 5.44. The van der Waals surface area contributed by atoms with Crippen LogP contribution in [0, 0.1) is 6.92 Å². The first-order valence-electron chi connectivity index (χ1n) is 5.92. The maximum atomic E-state index is 12.3. The van der Waals surface area contributed by atoms with Gasteiger partial charge in [0, 0.05) is 12.6 Å². The van der Waals surface area contributed by atoms with Gasteiger partial charge in [-0.3, -0.25) is 9.52 Å². The minimum Gasteiger partial charge on any atom is -0.380 e. The van der Waals surface area contributed by atoms with Gasteiger partial charge in [0.2, 0.25) is 5.91 Å². The molecule has 2 aromatic rings. The summed E-state index contributed by atoms with van der Waals surface area (Å²) in [5.74, 6) is -0.370. The third kappa shape index (κ3) is 3.31. The normalized spacial score (nSPS) is 11.1. The molecule has 0 saturated carbocycles. The van der Waals surface area contributed by atoms with Gasteiger partial charge >= 0.3 is 0 Å². The summed E-state index contributed by atoms with van der Waals surface area (Å²) in [5.41, 5.74) is 6.24. The van der Waals surface area contributed by atoms with Crippen molar-refractivity contribution in [3.63, 3.8) is 0 Å². The van der Waals surface area contributed by atoms with Gasteiger partial charge in [-0.1, -0.05) is 11.2 Å². The molecule has 4 N–H and O–H groups in total. The highest BCUT2D eigenvalue weighted by Gasteiger charge is 2.25. The fourth-order valence-corrected chi connectivity index (χ4v) is 3.05. The number of sulfonamides is 1. The molecule has 0 spiro atoms. The zero-order valence-corrected chi connectivity index (χ0v) is 12.2. The van der Waals surface area contributed by atoms with E-state index in [-0.39, 0.29) is 28.1 Å². The Labute approximate surface area is 121 Å². The van der Waals surface area contributed by atoms with Crippen LogP contribution >= 0.6 is 0 Å². The lowest BCUT2D eigenvalue weighted by Gasteiger charge is -2.09. The predicted molar refractivity (Wildman–Crippen MR) is 77.2 cm³/mol. The number of anilines is 3. The quantitative estimate of drug-likeness (QED) is 0.781. The van der Waals surface area contributed by atoms with Crippen LogP contribution in [0.4, 0.5) is 17.2 Å². The fraction of sp³-hybridized carbons (Fsp3) is 0.167. The molecular formula is C12H14N4O4S. The number of hydrogen-bond donors (Lipinski definition) is 3. The van der Waals surface area contributed by atoms with E-state index in [1.807, 2.05) is 0 Å². The Morgan fingerprint density at radius 3 is 2.57 bits per heavy atom. The first-order chi connectivity index (χ1) is 9.79. The average Bonchev–Trinajstić information content (AvgIpc) is 2.68. The van der Waals surface area contributed by atoms with Gasteiger partial charge in [0.15, 0.2) is 16.5 Å². The van der Waals surface area contributed by atoms with Gasteiger partial charge in [-0.25, -0.2) is 8.42 Å². The molecule has 0 saturated heterocycles. The summed E-state index contributed by atoms with van der Waals surface area (Å²) >= 11 is 0. The summed E-state index contributed by atoms with van der Waals surface area (Å²) in [6.45, 7) is 2.81. The van der Waals surface area contributed by atoms with Crippen molar-refractivity contribution in [2.24, 2.45) is 0 Å². The van der Waals surface area contributed by atoms with Crippen LogP contribution in [0.25, 0.3) is 0 Å². The van der Waals surface area contributed by atoms with Crippen LogP contribution < -0.4 is 15.8 Å². The van der Waals surface area contributed by atoms with Gasteiger partial charge in [0.1, 0.15) is 0 Å². The Morgan fingerprint density at radius 1 is 1.33 bits per heavy atom. The molecule has 0 aliphatic heterocycles. The van der Waals surface area contributed by atoms with Gasteiger partial charge in [-0.2, -0.15) is 0 Å². The molecule has 0 radical (unpaired) electrons. The minimum absolute atomic E-state index is 0.0954. The molecular weight excluding hydrogens is 296 g/mol. The number of aryl methyl sites for hydroxylation is 1. The number of amides is 1. The monoisotopic (exact) mass is 310 g/mol. The van der Waals surface area contributed by atoms with Crippen LogP contribution in [0.1, 0.15) is 12.7 Å². The third-order valence-electron chi connectivity index (χ3n) is 2.54. The zero-order chi connectivity index (χ0) is 15.6. The van der Waals surface area contributed by atoms with Crippen LogP contribution in [0.2, 0.25) is 0 Å². The van der Waals surface area contributed by atoms with E-state index in [0.29, 0.717) is 5.69 Å². The van der Waals surface area contributed by atoms with Crippen LogP contribution in [-0.2, 0) is 14.8 Å². The molecule has 9 heteroatoms. The van der Waals surface area contributed by atoms with Crippen LogP contribution in [-0.4, -0.2) is 19.5 Å². The molecule has 2 rings (SSSR count). The number of carbonyl (C=O) groups is 1. The number of benzene rings is 1. The molecule has 1 aromatic heterocycles. The molecule has 0 aliphatic rings. The number of hydrogen-bond acceptors (Lipinski definition) is 6. The van der Waals surface area contributed by atoms with Crippen molar-refractivity contribution < 1.29 is 17.7 Å². The van der Waals surface area contributed by atoms with Crippen molar-refractivity contribution in [3.05, 3.63) is 30.0 Å². The lowest BCUT2D eigenvalue weighted by molar-refractivity contribution is -0.114. The second-order valence-corrected chi connectivity index (χ2v) is 5.94. The Morgan fingerprint density at radius 2 is 2.00 bits per heavy atom. The van der Waals surface area contributed by atoms with Crippen LogP contribution in [0.3, 0.4) is 0 Å². The average molecular weight is 310 g/mol. The summed E-state index contributed by atoms with van der Waals surface area (Å²) in [6, 6.07) is 6.27. The Bertz CT molecular complexity index is 763. The largest absolute Gasteiger partial charge is 0.380 e. The number of nitrogen functional groups attached to an aromatic ring is 1. The summed E-state index contributed by atoms with van der Waals surface area (Å²) in [6.07, 6.45) is 0. The van der Waals surface area contributed by atoms with Gasteiger partial charge in [-0.05, 0) is 25.1 Å². The second-order valence-electron chi connectivity index (χ2n) is 4.32. The van der Waals surface area contributed by atoms with E-state index in [1.165, 1.54) is 19.9 Å². The van der Waals surface area contributed by atoms with Crippen molar-refractivity contribution in [3.8, 4) is 0 Å². The van der Waals surface area contributed by atoms with Crippen molar-refractivity contribution in [2.45, 2.75) is 18.7 Å². The lowest BCUT2D eigenvalue weighted by atomic mass is 10.3. The maximum Gasteiger partial charge on any atom is 0.269 e. The number of nitrogens with zero attached hydrogens (tertiary/aromatic N) is 1. The van der Waals surface area contributed by atoms with Crippen molar-refractivity contribution in [1.82, 2.24) is 5.16 Å². The first-order valence-corrected chi connectivity index (χ1v) is 7.40. The predicted octanol–water partition coefficient (Wildman–Crippen LogP) is 1.32. The molecule has 0 bridgehead atoms. The van der Waals surface area contributed by atoms with E-state index in [9.17, 15) is 13.2 Å². The zero-order valence-electron chi connectivity index (χ0n) is 11.4. The number of nitrogens with two attached hydrogens (primary N) is 1. The van der Waals surface area contributed by atoms with E-state index in [0.717, 1.165) is 0 Å². The summed E-state index contributed by atoms with van der Waals surface area (Å²) in [4.78, 5) is 10.8. The minimum atomic E-state index is -3.92. The highest BCUT2D eigenvalue weighted by molar-refractivity contribution is 7.93. The third-order valence-corrected chi connectivity index (χ3v) is 4.08. The fourth-order valence-electron chi connectivity index (χ4n) is 1.78. The van der Waals surface area contributed by atoms with Gasteiger partial charge in [0.05, 0.1) is 5.69 Å².